The lowest BCUT2D eigenvalue weighted by Gasteiger charge is -2.32. The van der Waals surface area contributed by atoms with Crippen molar-refractivity contribution < 1.29 is 22.7 Å². The number of amides is 1. The molecule has 1 aliphatic carbocycles. The summed E-state index contributed by atoms with van der Waals surface area (Å²) in [6.45, 7) is 2.82. The van der Waals surface area contributed by atoms with Crippen molar-refractivity contribution in [3.8, 4) is 5.19 Å². The second kappa shape index (κ2) is 10.6. The SMILES string of the molecule is Cn1ncc2c(C(=O)NC3CCC(CCN4CCc5sc(OCC(C)(F)F)nc5C4)CC3)ccc(F)c21. The number of ether oxygens (including phenoxy) is 1. The highest BCUT2D eigenvalue weighted by Gasteiger charge is 2.27. The molecule has 0 radical (unpaired) electrons. The summed E-state index contributed by atoms with van der Waals surface area (Å²) in [5.74, 6) is -2.83. The molecule has 11 heteroatoms. The van der Waals surface area contributed by atoms with Crippen molar-refractivity contribution in [2.75, 3.05) is 19.7 Å². The predicted molar refractivity (Wildman–Crippen MR) is 136 cm³/mol. The number of aryl methyl sites for hydroxylation is 1. The maximum absolute atomic E-state index is 14.1. The zero-order valence-corrected chi connectivity index (χ0v) is 21.9. The van der Waals surface area contributed by atoms with E-state index in [0.29, 0.717) is 27.6 Å². The number of rotatable bonds is 8. The molecule has 1 aliphatic heterocycles. The second-order valence-corrected chi connectivity index (χ2v) is 11.4. The Kier molecular flexibility index (Phi) is 7.44. The van der Waals surface area contributed by atoms with E-state index in [4.69, 9.17) is 4.74 Å². The van der Waals surface area contributed by atoms with Crippen molar-refractivity contribution in [3.63, 3.8) is 0 Å². The molecule has 1 aromatic carbocycles. The number of benzene rings is 1. The molecule has 1 fully saturated rings. The molecule has 5 rings (SSSR count). The van der Waals surface area contributed by atoms with E-state index in [1.54, 1.807) is 7.05 Å². The molecule has 1 saturated carbocycles. The maximum Gasteiger partial charge on any atom is 0.278 e. The molecule has 3 aromatic rings. The second-order valence-electron chi connectivity index (χ2n) is 10.3. The van der Waals surface area contributed by atoms with Crippen LogP contribution in [-0.4, -0.2) is 57.2 Å². The number of fused-ring (bicyclic) bond motifs is 2. The fourth-order valence-electron chi connectivity index (χ4n) is 5.33. The maximum atomic E-state index is 14.1. The lowest BCUT2D eigenvalue weighted by atomic mass is 9.84. The Balaban J connectivity index is 1.07. The number of aromatic nitrogens is 3. The minimum Gasteiger partial charge on any atom is -0.464 e. The fourth-order valence-corrected chi connectivity index (χ4v) is 6.24. The Bertz CT molecular complexity index is 1260. The van der Waals surface area contributed by atoms with Gasteiger partial charge in [0.05, 0.1) is 17.5 Å². The van der Waals surface area contributed by atoms with Gasteiger partial charge in [0.1, 0.15) is 11.3 Å². The van der Waals surface area contributed by atoms with E-state index < -0.39 is 12.5 Å². The van der Waals surface area contributed by atoms with Crippen LogP contribution in [0.5, 0.6) is 5.19 Å². The number of thiazole rings is 1. The summed E-state index contributed by atoms with van der Waals surface area (Å²) in [5.41, 5.74) is 1.74. The van der Waals surface area contributed by atoms with Gasteiger partial charge < -0.3 is 10.1 Å². The van der Waals surface area contributed by atoms with Crippen LogP contribution < -0.4 is 10.1 Å². The van der Waals surface area contributed by atoms with Gasteiger partial charge in [-0.05, 0) is 63.1 Å². The Morgan fingerprint density at radius 2 is 2.05 bits per heavy atom. The molecule has 200 valence electrons. The summed E-state index contributed by atoms with van der Waals surface area (Å²) >= 11 is 1.38. The Morgan fingerprint density at radius 1 is 1.27 bits per heavy atom. The van der Waals surface area contributed by atoms with Crippen LogP contribution in [0.4, 0.5) is 13.2 Å². The molecule has 0 unspecified atom stereocenters. The molecule has 3 heterocycles. The average Bonchev–Trinajstić information content (AvgIpc) is 3.45. The number of nitrogens with one attached hydrogen (secondary N) is 1. The van der Waals surface area contributed by atoms with Crippen LogP contribution in [0.1, 0.15) is 60.0 Å². The predicted octanol–water partition coefficient (Wildman–Crippen LogP) is 4.94. The average molecular weight is 536 g/mol. The van der Waals surface area contributed by atoms with E-state index in [2.05, 4.69) is 20.3 Å². The molecule has 37 heavy (non-hydrogen) atoms. The highest BCUT2D eigenvalue weighted by molar-refractivity contribution is 7.13. The first-order chi connectivity index (χ1) is 17.7. The third-order valence-corrected chi connectivity index (χ3v) is 8.44. The van der Waals surface area contributed by atoms with E-state index >= 15 is 0 Å². The minimum absolute atomic E-state index is 0.113. The van der Waals surface area contributed by atoms with Gasteiger partial charge in [-0.25, -0.2) is 18.2 Å². The lowest BCUT2D eigenvalue weighted by molar-refractivity contribution is -0.0230. The fraction of sp³-hybridized carbons (Fsp3) is 0.577. The van der Waals surface area contributed by atoms with Gasteiger partial charge in [-0.2, -0.15) is 5.10 Å². The number of carbonyl (C=O) groups is 1. The van der Waals surface area contributed by atoms with Crippen LogP contribution in [-0.2, 0) is 20.0 Å². The van der Waals surface area contributed by atoms with Crippen molar-refractivity contribution in [1.82, 2.24) is 25.0 Å². The third kappa shape index (κ3) is 6.09. The van der Waals surface area contributed by atoms with E-state index in [-0.39, 0.29) is 17.8 Å². The van der Waals surface area contributed by atoms with Crippen molar-refractivity contribution in [2.24, 2.45) is 13.0 Å². The summed E-state index contributed by atoms with van der Waals surface area (Å²) in [6.07, 6.45) is 7.44. The summed E-state index contributed by atoms with van der Waals surface area (Å²) in [7, 11) is 1.66. The minimum atomic E-state index is -2.87. The molecule has 2 aromatic heterocycles. The summed E-state index contributed by atoms with van der Waals surface area (Å²) in [5, 5.41) is 8.10. The quantitative estimate of drug-likeness (QED) is 0.443. The van der Waals surface area contributed by atoms with Gasteiger partial charge in [-0.1, -0.05) is 11.3 Å². The first kappa shape index (κ1) is 26.0. The monoisotopic (exact) mass is 535 g/mol. The van der Waals surface area contributed by atoms with Crippen molar-refractivity contribution in [2.45, 2.75) is 64.0 Å². The molecule has 0 spiro atoms. The van der Waals surface area contributed by atoms with E-state index in [1.807, 2.05) is 0 Å². The number of nitrogens with zero attached hydrogens (tertiary/aromatic N) is 4. The van der Waals surface area contributed by atoms with E-state index in [1.165, 1.54) is 34.3 Å². The van der Waals surface area contributed by atoms with Gasteiger partial charge in [0.2, 0.25) is 0 Å². The molecule has 2 aliphatic rings. The van der Waals surface area contributed by atoms with Gasteiger partial charge in [0.15, 0.2) is 6.61 Å². The Hall–Kier alpha value is -2.66. The molecule has 7 nitrogen and oxygen atoms in total. The Morgan fingerprint density at radius 3 is 2.81 bits per heavy atom. The molecule has 0 saturated heterocycles. The zero-order chi connectivity index (χ0) is 26.2. The largest absolute Gasteiger partial charge is 0.464 e. The van der Waals surface area contributed by atoms with Gasteiger partial charge >= 0.3 is 0 Å². The van der Waals surface area contributed by atoms with E-state index in [9.17, 15) is 18.0 Å². The molecule has 0 atom stereocenters. The van der Waals surface area contributed by atoms with Crippen molar-refractivity contribution in [3.05, 3.63) is 40.3 Å². The smallest absolute Gasteiger partial charge is 0.278 e. The number of hydrogen-bond acceptors (Lipinski definition) is 6. The lowest BCUT2D eigenvalue weighted by Crippen LogP contribution is -2.38. The summed E-state index contributed by atoms with van der Waals surface area (Å²) in [6, 6.07) is 2.96. The van der Waals surface area contributed by atoms with Crippen molar-refractivity contribution in [1.29, 1.82) is 0 Å². The molecular formula is C26H32F3N5O2S. The molecule has 1 N–H and O–H groups in total. The van der Waals surface area contributed by atoms with Gasteiger partial charge in [0.25, 0.3) is 17.0 Å². The highest BCUT2D eigenvalue weighted by Crippen LogP contribution is 2.32. The van der Waals surface area contributed by atoms with Crippen LogP contribution >= 0.6 is 11.3 Å². The number of halogens is 3. The topological polar surface area (TPSA) is 72.3 Å². The normalized spacial score (nSPS) is 20.7. The van der Waals surface area contributed by atoms with Crippen LogP contribution in [0.3, 0.4) is 0 Å². The molecule has 0 bridgehead atoms. The van der Waals surface area contributed by atoms with Gasteiger partial charge in [0, 0.05) is 43.4 Å². The number of carbonyl (C=O) groups excluding carboxylic acids is 1. The van der Waals surface area contributed by atoms with Crippen LogP contribution in [0, 0.1) is 11.7 Å². The summed E-state index contributed by atoms with van der Waals surface area (Å²) < 4.78 is 46.9. The van der Waals surface area contributed by atoms with Crippen LogP contribution in [0.15, 0.2) is 18.3 Å². The van der Waals surface area contributed by atoms with Gasteiger partial charge in [-0.15, -0.1) is 0 Å². The van der Waals surface area contributed by atoms with E-state index in [0.717, 1.165) is 75.7 Å². The Labute approximate surface area is 218 Å². The third-order valence-electron chi connectivity index (χ3n) is 7.37. The standard InChI is InChI=1S/C26H32F3N5O2S/c1-26(28,29)15-36-25-32-21-14-34(12-10-22(21)37-25)11-9-16-3-5-17(6-4-16)31-24(35)18-7-8-20(27)23-19(18)13-30-33(23)2/h7-8,13,16-17H,3-6,9-12,14-15H2,1-2H3,(H,31,35). The highest BCUT2D eigenvalue weighted by atomic mass is 32.1. The first-order valence-electron chi connectivity index (χ1n) is 12.8. The first-order valence-corrected chi connectivity index (χ1v) is 13.6. The van der Waals surface area contributed by atoms with Crippen LogP contribution in [0.25, 0.3) is 10.9 Å². The molecular weight excluding hydrogens is 503 g/mol. The number of alkyl halides is 2. The van der Waals surface area contributed by atoms with Gasteiger partial charge in [-0.3, -0.25) is 14.4 Å². The zero-order valence-electron chi connectivity index (χ0n) is 21.1. The molecule has 1 amide bonds. The van der Waals surface area contributed by atoms with Crippen molar-refractivity contribution >= 4 is 28.1 Å². The summed E-state index contributed by atoms with van der Waals surface area (Å²) in [4.78, 5) is 20.9. The number of hydrogen-bond donors (Lipinski definition) is 1. The van der Waals surface area contributed by atoms with Crippen LogP contribution in [0.2, 0.25) is 0 Å².